The summed E-state index contributed by atoms with van der Waals surface area (Å²) in [6.07, 6.45) is 4.01. The first-order valence-electron chi connectivity index (χ1n) is 2.74. The van der Waals surface area contributed by atoms with E-state index in [-0.39, 0.29) is 0 Å². The first-order valence-corrected chi connectivity index (χ1v) is 2.74. The van der Waals surface area contributed by atoms with Gasteiger partial charge in [0.2, 0.25) is 0 Å². The molecule has 2 nitrogen and oxygen atoms in total. The standard InChI is InChI=1S/C6H10N2/c1-6-4-3-5-7-8(6)2/h5H,1,3-4H2,2H3. The van der Waals surface area contributed by atoms with Crippen molar-refractivity contribution in [2.24, 2.45) is 5.10 Å². The summed E-state index contributed by atoms with van der Waals surface area (Å²) in [5.74, 6) is 0. The smallest absolute Gasteiger partial charge is 0.0299 e. The Labute approximate surface area is 49.5 Å². The SMILES string of the molecule is C=C1CCC=NN1C. The van der Waals surface area contributed by atoms with Crippen LogP contribution in [0.3, 0.4) is 0 Å². The molecule has 0 amide bonds. The van der Waals surface area contributed by atoms with Crippen molar-refractivity contribution < 1.29 is 0 Å². The number of allylic oxidation sites excluding steroid dienone is 1. The van der Waals surface area contributed by atoms with Crippen molar-refractivity contribution in [3.63, 3.8) is 0 Å². The maximum atomic E-state index is 4.02. The highest BCUT2D eigenvalue weighted by molar-refractivity contribution is 5.58. The van der Waals surface area contributed by atoms with Crippen LogP contribution in [0.2, 0.25) is 0 Å². The molecule has 1 aliphatic rings. The Morgan fingerprint density at radius 1 is 1.88 bits per heavy atom. The van der Waals surface area contributed by atoms with Gasteiger partial charge in [0, 0.05) is 19.0 Å². The largest absolute Gasteiger partial charge is 0.274 e. The Bertz CT molecular complexity index is 126. The summed E-state index contributed by atoms with van der Waals surface area (Å²) >= 11 is 0. The van der Waals surface area contributed by atoms with Crippen molar-refractivity contribution in [1.82, 2.24) is 5.01 Å². The fraction of sp³-hybridized carbons (Fsp3) is 0.500. The van der Waals surface area contributed by atoms with Crippen molar-refractivity contribution in [2.45, 2.75) is 12.8 Å². The minimum atomic E-state index is 1.04. The van der Waals surface area contributed by atoms with Gasteiger partial charge in [-0.25, -0.2) is 0 Å². The van der Waals surface area contributed by atoms with E-state index in [1.165, 1.54) is 0 Å². The minimum absolute atomic E-state index is 1.04. The maximum Gasteiger partial charge on any atom is 0.0299 e. The Balaban J connectivity index is 2.60. The second-order valence-corrected chi connectivity index (χ2v) is 1.93. The lowest BCUT2D eigenvalue weighted by atomic mass is 10.2. The zero-order valence-electron chi connectivity index (χ0n) is 5.09. The molecule has 0 N–H and O–H groups in total. The molecule has 0 spiro atoms. The molecule has 0 atom stereocenters. The molecule has 0 saturated heterocycles. The summed E-state index contributed by atoms with van der Waals surface area (Å²) < 4.78 is 0. The Hall–Kier alpha value is -0.790. The minimum Gasteiger partial charge on any atom is -0.274 e. The molecule has 0 saturated carbocycles. The highest BCUT2D eigenvalue weighted by Crippen LogP contribution is 2.09. The highest BCUT2D eigenvalue weighted by Gasteiger charge is 2.01. The lowest BCUT2D eigenvalue weighted by molar-refractivity contribution is 0.419. The molecule has 44 valence electrons. The fourth-order valence-electron chi connectivity index (χ4n) is 0.655. The van der Waals surface area contributed by atoms with Crippen LogP contribution >= 0.6 is 0 Å². The fourth-order valence-corrected chi connectivity index (χ4v) is 0.655. The third kappa shape index (κ3) is 0.886. The molecule has 8 heavy (non-hydrogen) atoms. The van der Waals surface area contributed by atoms with Gasteiger partial charge in [0.05, 0.1) is 0 Å². The van der Waals surface area contributed by atoms with Crippen LogP contribution in [0.15, 0.2) is 17.4 Å². The second kappa shape index (κ2) is 1.99. The second-order valence-electron chi connectivity index (χ2n) is 1.93. The predicted molar refractivity (Wildman–Crippen MR) is 34.6 cm³/mol. The molecular formula is C6H10N2. The van der Waals surface area contributed by atoms with Crippen molar-refractivity contribution in [1.29, 1.82) is 0 Å². The number of nitrogens with zero attached hydrogens (tertiary/aromatic N) is 2. The van der Waals surface area contributed by atoms with Crippen LogP contribution in [0.5, 0.6) is 0 Å². The first-order chi connectivity index (χ1) is 3.80. The molecule has 0 fully saturated rings. The topological polar surface area (TPSA) is 15.6 Å². The zero-order chi connectivity index (χ0) is 5.98. The molecule has 1 aliphatic heterocycles. The molecule has 0 radical (unpaired) electrons. The van der Waals surface area contributed by atoms with Crippen molar-refractivity contribution >= 4 is 6.21 Å². The normalized spacial score (nSPS) is 19.6. The van der Waals surface area contributed by atoms with Gasteiger partial charge in [0.25, 0.3) is 0 Å². The molecule has 0 aromatic heterocycles. The van der Waals surface area contributed by atoms with Crippen LogP contribution in [0.1, 0.15) is 12.8 Å². The third-order valence-corrected chi connectivity index (χ3v) is 1.27. The lowest BCUT2D eigenvalue weighted by Crippen LogP contribution is -2.13. The molecule has 0 unspecified atom stereocenters. The van der Waals surface area contributed by atoms with Gasteiger partial charge in [-0.15, -0.1) is 0 Å². The van der Waals surface area contributed by atoms with E-state index in [4.69, 9.17) is 0 Å². The summed E-state index contributed by atoms with van der Waals surface area (Å²) in [5, 5.41) is 5.83. The van der Waals surface area contributed by atoms with Gasteiger partial charge >= 0.3 is 0 Å². The monoisotopic (exact) mass is 110 g/mol. The Kier molecular flexibility index (Phi) is 1.33. The van der Waals surface area contributed by atoms with Crippen molar-refractivity contribution in [3.05, 3.63) is 12.3 Å². The van der Waals surface area contributed by atoms with Gasteiger partial charge in [-0.05, 0) is 12.8 Å². The first kappa shape index (κ1) is 5.35. The van der Waals surface area contributed by atoms with Crippen LogP contribution in [-0.4, -0.2) is 18.3 Å². The van der Waals surface area contributed by atoms with Crippen LogP contribution in [0, 0.1) is 0 Å². The summed E-state index contributed by atoms with van der Waals surface area (Å²) in [7, 11) is 1.91. The van der Waals surface area contributed by atoms with E-state index < -0.39 is 0 Å². The quantitative estimate of drug-likeness (QED) is 0.457. The molecule has 2 heteroatoms. The number of hydrogen-bond acceptors (Lipinski definition) is 2. The molecular weight excluding hydrogens is 100 g/mol. The number of hydrazone groups is 1. The molecule has 1 heterocycles. The molecule has 0 bridgehead atoms. The zero-order valence-corrected chi connectivity index (χ0v) is 5.09. The van der Waals surface area contributed by atoms with Gasteiger partial charge in [0.15, 0.2) is 0 Å². The van der Waals surface area contributed by atoms with Crippen LogP contribution in [0.25, 0.3) is 0 Å². The number of rotatable bonds is 0. The third-order valence-electron chi connectivity index (χ3n) is 1.27. The number of hydrogen-bond donors (Lipinski definition) is 0. The van der Waals surface area contributed by atoms with Crippen molar-refractivity contribution in [2.75, 3.05) is 7.05 Å². The lowest BCUT2D eigenvalue weighted by Gasteiger charge is -2.18. The van der Waals surface area contributed by atoms with E-state index in [9.17, 15) is 0 Å². The summed E-state index contributed by atoms with van der Waals surface area (Å²) in [6.45, 7) is 3.81. The highest BCUT2D eigenvalue weighted by atomic mass is 15.4. The maximum absolute atomic E-state index is 4.02. The average molecular weight is 110 g/mol. The van der Waals surface area contributed by atoms with Gasteiger partial charge in [0.1, 0.15) is 0 Å². The molecule has 1 rings (SSSR count). The van der Waals surface area contributed by atoms with Gasteiger partial charge in [-0.3, -0.25) is 5.01 Å². The van der Waals surface area contributed by atoms with E-state index in [0.717, 1.165) is 18.5 Å². The van der Waals surface area contributed by atoms with Crippen LogP contribution in [0.4, 0.5) is 0 Å². The molecule has 0 aromatic rings. The van der Waals surface area contributed by atoms with E-state index in [2.05, 4.69) is 11.7 Å². The van der Waals surface area contributed by atoms with Gasteiger partial charge < -0.3 is 0 Å². The predicted octanol–water partition coefficient (Wildman–Crippen LogP) is 1.21. The van der Waals surface area contributed by atoms with E-state index in [1.807, 2.05) is 18.3 Å². The van der Waals surface area contributed by atoms with Crippen LogP contribution in [-0.2, 0) is 0 Å². The summed E-state index contributed by atoms with van der Waals surface area (Å²) in [4.78, 5) is 0. The summed E-state index contributed by atoms with van der Waals surface area (Å²) in [6, 6.07) is 0. The van der Waals surface area contributed by atoms with E-state index in [1.54, 1.807) is 0 Å². The van der Waals surface area contributed by atoms with Gasteiger partial charge in [-0.2, -0.15) is 5.10 Å². The Morgan fingerprint density at radius 3 is 3.00 bits per heavy atom. The van der Waals surface area contributed by atoms with Gasteiger partial charge in [-0.1, -0.05) is 6.58 Å². The van der Waals surface area contributed by atoms with E-state index in [0.29, 0.717) is 0 Å². The Morgan fingerprint density at radius 2 is 2.62 bits per heavy atom. The summed E-state index contributed by atoms with van der Waals surface area (Å²) in [5.41, 5.74) is 1.10. The van der Waals surface area contributed by atoms with Crippen molar-refractivity contribution in [3.8, 4) is 0 Å². The average Bonchev–Trinajstić information content (AvgIpc) is 1.77. The van der Waals surface area contributed by atoms with E-state index >= 15 is 0 Å². The van der Waals surface area contributed by atoms with Crippen LogP contribution < -0.4 is 0 Å². The molecule has 0 aromatic carbocycles. The molecule has 0 aliphatic carbocycles.